The molecule has 0 bridgehead atoms. The fourth-order valence-electron chi connectivity index (χ4n) is 1.90. The van der Waals surface area contributed by atoms with Crippen molar-refractivity contribution in [3.63, 3.8) is 0 Å². The van der Waals surface area contributed by atoms with Crippen LogP contribution in [0.1, 0.15) is 30.0 Å². The molecule has 6 nitrogen and oxygen atoms in total. The van der Waals surface area contributed by atoms with Gasteiger partial charge in [0.25, 0.3) is 0 Å². The standard InChI is InChI=1S/C15H19NO5/c1-10(17)14-5-4-12(19-3)7-15(14)20-8-11-6-13(9-18-2)21-16-11/h4-7,10,17H,8-9H2,1-3H3/t10-/m1/s1. The summed E-state index contributed by atoms with van der Waals surface area (Å²) >= 11 is 0. The first kappa shape index (κ1) is 15.3. The van der Waals surface area contributed by atoms with E-state index in [0.717, 1.165) is 0 Å². The molecular weight excluding hydrogens is 274 g/mol. The number of hydrogen-bond donors (Lipinski definition) is 1. The highest BCUT2D eigenvalue weighted by atomic mass is 16.5. The third kappa shape index (κ3) is 3.96. The smallest absolute Gasteiger partial charge is 0.162 e. The number of hydrogen-bond acceptors (Lipinski definition) is 6. The van der Waals surface area contributed by atoms with Gasteiger partial charge in [0.1, 0.15) is 30.4 Å². The molecule has 0 fully saturated rings. The van der Waals surface area contributed by atoms with Crippen molar-refractivity contribution in [2.75, 3.05) is 14.2 Å². The quantitative estimate of drug-likeness (QED) is 0.845. The van der Waals surface area contributed by atoms with Crippen LogP contribution in [0.4, 0.5) is 0 Å². The summed E-state index contributed by atoms with van der Waals surface area (Å²) in [7, 11) is 3.17. The zero-order valence-corrected chi connectivity index (χ0v) is 12.3. The lowest BCUT2D eigenvalue weighted by molar-refractivity contribution is 0.155. The Balaban J connectivity index is 2.10. The molecule has 2 rings (SSSR count). The molecule has 1 heterocycles. The van der Waals surface area contributed by atoms with Crippen LogP contribution in [0.3, 0.4) is 0 Å². The number of aromatic nitrogens is 1. The number of benzene rings is 1. The molecule has 6 heteroatoms. The molecular formula is C15H19NO5. The van der Waals surface area contributed by atoms with Gasteiger partial charge >= 0.3 is 0 Å². The fourth-order valence-corrected chi connectivity index (χ4v) is 1.90. The number of rotatable bonds is 7. The Morgan fingerprint density at radius 3 is 2.71 bits per heavy atom. The van der Waals surface area contributed by atoms with Crippen LogP contribution in [0.25, 0.3) is 0 Å². The largest absolute Gasteiger partial charge is 0.497 e. The number of aliphatic hydroxyl groups is 1. The normalized spacial score (nSPS) is 12.2. The van der Waals surface area contributed by atoms with Gasteiger partial charge in [-0.05, 0) is 19.1 Å². The van der Waals surface area contributed by atoms with Gasteiger partial charge in [0.15, 0.2) is 5.76 Å². The molecule has 0 saturated heterocycles. The van der Waals surface area contributed by atoms with Crippen molar-refractivity contribution in [2.45, 2.75) is 26.2 Å². The Hall–Kier alpha value is -2.05. The van der Waals surface area contributed by atoms with Crippen molar-refractivity contribution in [1.82, 2.24) is 5.16 Å². The van der Waals surface area contributed by atoms with Crippen molar-refractivity contribution in [3.05, 3.63) is 41.3 Å². The number of nitrogens with zero attached hydrogens (tertiary/aromatic N) is 1. The summed E-state index contributed by atoms with van der Waals surface area (Å²) in [5.41, 5.74) is 1.35. The second-order valence-corrected chi connectivity index (χ2v) is 4.59. The van der Waals surface area contributed by atoms with Gasteiger partial charge in [-0.25, -0.2) is 0 Å². The van der Waals surface area contributed by atoms with Crippen molar-refractivity contribution >= 4 is 0 Å². The molecule has 0 aliphatic heterocycles. The summed E-state index contributed by atoms with van der Waals surface area (Å²) in [4.78, 5) is 0. The molecule has 1 aromatic carbocycles. The molecule has 1 N–H and O–H groups in total. The van der Waals surface area contributed by atoms with E-state index in [4.69, 9.17) is 18.7 Å². The molecule has 0 unspecified atom stereocenters. The van der Waals surface area contributed by atoms with Gasteiger partial charge in [-0.2, -0.15) is 0 Å². The monoisotopic (exact) mass is 293 g/mol. The second kappa shape index (κ2) is 7.10. The number of aliphatic hydroxyl groups excluding tert-OH is 1. The van der Waals surface area contributed by atoms with Gasteiger partial charge in [0, 0.05) is 24.8 Å². The van der Waals surface area contributed by atoms with Crippen LogP contribution in [0, 0.1) is 0 Å². The van der Waals surface area contributed by atoms with Gasteiger partial charge in [0.05, 0.1) is 13.2 Å². The molecule has 0 aliphatic carbocycles. The molecule has 1 aromatic heterocycles. The third-order valence-electron chi connectivity index (χ3n) is 2.94. The summed E-state index contributed by atoms with van der Waals surface area (Å²) in [6.07, 6.45) is -0.632. The van der Waals surface area contributed by atoms with Crippen molar-refractivity contribution in [1.29, 1.82) is 0 Å². The topological polar surface area (TPSA) is 74.0 Å². The highest BCUT2D eigenvalue weighted by Gasteiger charge is 2.12. The van der Waals surface area contributed by atoms with Crippen LogP contribution < -0.4 is 9.47 Å². The third-order valence-corrected chi connectivity index (χ3v) is 2.94. The Labute approximate surface area is 123 Å². The maximum absolute atomic E-state index is 9.77. The van der Waals surface area contributed by atoms with Gasteiger partial charge in [0.2, 0.25) is 0 Å². The lowest BCUT2D eigenvalue weighted by Gasteiger charge is -2.13. The highest BCUT2D eigenvalue weighted by molar-refractivity contribution is 5.41. The van der Waals surface area contributed by atoms with Gasteiger partial charge in [-0.3, -0.25) is 0 Å². The van der Waals surface area contributed by atoms with E-state index in [1.165, 1.54) is 0 Å². The van der Waals surface area contributed by atoms with Crippen LogP contribution in [0.2, 0.25) is 0 Å². The minimum atomic E-state index is -0.632. The second-order valence-electron chi connectivity index (χ2n) is 4.59. The minimum absolute atomic E-state index is 0.236. The molecule has 0 amide bonds. The van der Waals surface area contributed by atoms with Crippen LogP contribution in [0.5, 0.6) is 11.5 Å². The summed E-state index contributed by atoms with van der Waals surface area (Å²) in [6.45, 7) is 2.28. The van der Waals surface area contributed by atoms with Crippen LogP contribution in [0.15, 0.2) is 28.8 Å². The first-order valence-electron chi connectivity index (χ1n) is 6.56. The van der Waals surface area contributed by atoms with Crippen molar-refractivity contribution < 1.29 is 23.8 Å². The van der Waals surface area contributed by atoms with Crippen LogP contribution in [-0.4, -0.2) is 24.5 Å². The molecule has 0 radical (unpaired) electrons. The van der Waals surface area contributed by atoms with Gasteiger partial charge < -0.3 is 23.8 Å². The van der Waals surface area contributed by atoms with Gasteiger partial charge in [-0.15, -0.1) is 0 Å². The molecule has 0 aliphatic rings. The molecule has 2 aromatic rings. The van der Waals surface area contributed by atoms with E-state index < -0.39 is 6.10 Å². The lowest BCUT2D eigenvalue weighted by atomic mass is 10.1. The molecule has 114 valence electrons. The minimum Gasteiger partial charge on any atom is -0.497 e. The fraction of sp³-hybridized carbons (Fsp3) is 0.400. The predicted octanol–water partition coefficient (Wildman–Crippen LogP) is 2.46. The molecule has 0 saturated carbocycles. The van der Waals surface area contributed by atoms with E-state index in [-0.39, 0.29) is 6.61 Å². The van der Waals surface area contributed by atoms with E-state index in [1.807, 2.05) is 0 Å². The first-order valence-corrected chi connectivity index (χ1v) is 6.56. The van der Waals surface area contributed by atoms with E-state index in [9.17, 15) is 5.11 Å². The number of ether oxygens (including phenoxy) is 3. The maximum Gasteiger partial charge on any atom is 0.162 e. The van der Waals surface area contributed by atoms with E-state index in [0.29, 0.717) is 35.1 Å². The molecule has 0 spiro atoms. The number of methoxy groups -OCH3 is 2. The lowest BCUT2D eigenvalue weighted by Crippen LogP contribution is -2.01. The summed E-state index contributed by atoms with van der Waals surface area (Å²) < 4.78 is 20.9. The zero-order valence-electron chi connectivity index (χ0n) is 12.3. The average molecular weight is 293 g/mol. The Bertz CT molecular complexity index is 579. The summed E-state index contributed by atoms with van der Waals surface area (Å²) in [6, 6.07) is 7.06. The van der Waals surface area contributed by atoms with Crippen LogP contribution >= 0.6 is 0 Å². The summed E-state index contributed by atoms with van der Waals surface area (Å²) in [5.74, 6) is 1.85. The average Bonchev–Trinajstić information content (AvgIpc) is 2.92. The van der Waals surface area contributed by atoms with E-state index >= 15 is 0 Å². The Kier molecular flexibility index (Phi) is 5.19. The van der Waals surface area contributed by atoms with Crippen molar-refractivity contribution in [2.24, 2.45) is 0 Å². The van der Waals surface area contributed by atoms with E-state index in [1.54, 1.807) is 45.4 Å². The highest BCUT2D eigenvalue weighted by Crippen LogP contribution is 2.30. The van der Waals surface area contributed by atoms with E-state index in [2.05, 4.69) is 5.16 Å². The zero-order chi connectivity index (χ0) is 15.2. The SMILES string of the molecule is COCc1cc(COc2cc(OC)ccc2[C@@H](C)O)no1. The molecule has 21 heavy (non-hydrogen) atoms. The summed E-state index contributed by atoms with van der Waals surface area (Å²) in [5, 5.41) is 13.7. The maximum atomic E-state index is 9.77. The molecule has 1 atom stereocenters. The van der Waals surface area contributed by atoms with Crippen molar-refractivity contribution in [3.8, 4) is 11.5 Å². The van der Waals surface area contributed by atoms with Crippen LogP contribution in [-0.2, 0) is 18.0 Å². The van der Waals surface area contributed by atoms with Gasteiger partial charge in [-0.1, -0.05) is 5.16 Å². The Morgan fingerprint density at radius 1 is 1.24 bits per heavy atom. The predicted molar refractivity (Wildman–Crippen MR) is 75.2 cm³/mol. The first-order chi connectivity index (χ1) is 10.1. The Morgan fingerprint density at radius 2 is 2.05 bits per heavy atom.